The Hall–Kier alpha value is 0.0600. The van der Waals surface area contributed by atoms with Gasteiger partial charge in [0.25, 0.3) is 0 Å². The molecule has 0 aliphatic heterocycles. The zero-order valence-electron chi connectivity index (χ0n) is 5.16. The van der Waals surface area contributed by atoms with Gasteiger partial charge in [-0.05, 0) is 12.1 Å². The molecule has 0 saturated heterocycles. The molecule has 4 heteroatoms. The van der Waals surface area contributed by atoms with Gasteiger partial charge >= 0.3 is 0 Å². The Labute approximate surface area is 79.3 Å². The molecule has 1 rings (SSSR count). The van der Waals surface area contributed by atoms with E-state index in [1.807, 2.05) is 47.1 Å². The molecule has 2 N–H and O–H groups in total. The highest BCUT2D eigenvalue weighted by molar-refractivity contribution is 14.1. The zero-order valence-corrected chi connectivity index (χ0v) is 8.21. The van der Waals surface area contributed by atoms with Crippen molar-refractivity contribution in [2.24, 2.45) is 5.84 Å². The standard InChI is InChI=1S/C6H7IN2S/c7-9(8)5-3-1-2-4-6(5)10/h1-4,10H,8H2. The SMILES string of the molecule is NN(I)c1ccccc1S. The highest BCUT2D eigenvalue weighted by atomic mass is 127. The minimum atomic E-state index is 0.888. The highest BCUT2D eigenvalue weighted by Crippen LogP contribution is 2.22. The van der Waals surface area contributed by atoms with Crippen LogP contribution in [0, 0.1) is 0 Å². The Balaban J connectivity index is 3.03. The first-order valence-electron chi connectivity index (χ1n) is 2.70. The topological polar surface area (TPSA) is 29.3 Å². The van der Waals surface area contributed by atoms with Gasteiger partial charge in [0.1, 0.15) is 0 Å². The molecule has 10 heavy (non-hydrogen) atoms. The number of para-hydroxylation sites is 1. The predicted molar refractivity (Wildman–Crippen MR) is 54.4 cm³/mol. The van der Waals surface area contributed by atoms with Gasteiger partial charge in [-0.25, -0.2) is 9.06 Å². The Morgan fingerprint density at radius 2 is 2.00 bits per heavy atom. The van der Waals surface area contributed by atoms with E-state index in [4.69, 9.17) is 5.84 Å². The van der Waals surface area contributed by atoms with E-state index in [2.05, 4.69) is 12.6 Å². The number of hydrazine groups is 1. The van der Waals surface area contributed by atoms with Gasteiger partial charge in [-0.15, -0.1) is 12.6 Å². The molecule has 2 nitrogen and oxygen atoms in total. The first-order chi connectivity index (χ1) is 4.72. The number of hydrogen-bond acceptors (Lipinski definition) is 3. The fourth-order valence-corrected chi connectivity index (χ4v) is 1.52. The summed E-state index contributed by atoms with van der Waals surface area (Å²) in [6, 6.07) is 7.66. The van der Waals surface area contributed by atoms with Gasteiger partial charge in [0.05, 0.1) is 28.6 Å². The Morgan fingerprint density at radius 3 is 2.40 bits per heavy atom. The molecule has 0 fully saturated rings. The molecule has 0 unspecified atom stereocenters. The van der Waals surface area contributed by atoms with Crippen LogP contribution in [0.5, 0.6) is 0 Å². The van der Waals surface area contributed by atoms with Crippen LogP contribution in [-0.4, -0.2) is 0 Å². The minimum Gasteiger partial charge on any atom is -0.250 e. The Morgan fingerprint density at radius 1 is 1.40 bits per heavy atom. The van der Waals surface area contributed by atoms with E-state index in [9.17, 15) is 0 Å². The van der Waals surface area contributed by atoms with Crippen LogP contribution in [0.1, 0.15) is 0 Å². The van der Waals surface area contributed by atoms with Crippen LogP contribution in [0.4, 0.5) is 5.69 Å². The van der Waals surface area contributed by atoms with E-state index in [1.165, 1.54) is 3.22 Å². The number of thiol groups is 1. The molecule has 0 atom stereocenters. The monoisotopic (exact) mass is 266 g/mol. The van der Waals surface area contributed by atoms with E-state index in [-0.39, 0.29) is 0 Å². The lowest BCUT2D eigenvalue weighted by Crippen LogP contribution is -2.17. The molecule has 54 valence electrons. The van der Waals surface area contributed by atoms with Gasteiger partial charge in [-0.2, -0.15) is 0 Å². The minimum absolute atomic E-state index is 0.888. The summed E-state index contributed by atoms with van der Waals surface area (Å²) in [5.74, 6) is 5.49. The molecule has 0 radical (unpaired) electrons. The molecule has 0 aliphatic carbocycles. The summed E-state index contributed by atoms with van der Waals surface area (Å²) >= 11 is 6.21. The smallest absolute Gasteiger partial charge is 0.0765 e. The lowest BCUT2D eigenvalue weighted by molar-refractivity contribution is 1.21. The second-order valence-electron chi connectivity index (χ2n) is 1.80. The maximum absolute atomic E-state index is 5.49. The number of benzene rings is 1. The number of rotatable bonds is 1. The first-order valence-corrected chi connectivity index (χ1v) is 4.11. The van der Waals surface area contributed by atoms with Gasteiger partial charge in [-0.3, -0.25) is 0 Å². The summed E-state index contributed by atoms with van der Waals surface area (Å²) in [4.78, 5) is 0.888. The molecule has 0 heterocycles. The van der Waals surface area contributed by atoms with Crippen molar-refractivity contribution in [3.63, 3.8) is 0 Å². The third-order valence-corrected chi connectivity index (χ3v) is 2.01. The van der Waals surface area contributed by atoms with Crippen LogP contribution in [0.25, 0.3) is 0 Å². The fraction of sp³-hybridized carbons (Fsp3) is 0. The number of halogens is 1. The normalized spacial score (nSPS) is 9.50. The summed E-state index contributed by atoms with van der Waals surface area (Å²) in [5.41, 5.74) is 0.923. The van der Waals surface area contributed by atoms with Crippen molar-refractivity contribution in [2.75, 3.05) is 3.22 Å². The number of nitrogens with zero attached hydrogens (tertiary/aromatic N) is 1. The molecular formula is C6H7IN2S. The van der Waals surface area contributed by atoms with Crippen LogP contribution < -0.4 is 9.06 Å². The van der Waals surface area contributed by atoms with Crippen molar-refractivity contribution >= 4 is 41.2 Å². The summed E-state index contributed by atoms with van der Waals surface area (Å²) in [6.45, 7) is 0. The molecule has 1 aromatic rings. The maximum Gasteiger partial charge on any atom is 0.0765 e. The fourth-order valence-electron chi connectivity index (χ4n) is 0.645. The third-order valence-electron chi connectivity index (χ3n) is 1.11. The van der Waals surface area contributed by atoms with Crippen molar-refractivity contribution in [3.05, 3.63) is 24.3 Å². The average molecular weight is 266 g/mol. The largest absolute Gasteiger partial charge is 0.250 e. The quantitative estimate of drug-likeness (QED) is 0.268. The second kappa shape index (κ2) is 3.45. The van der Waals surface area contributed by atoms with Gasteiger partial charge in [0.15, 0.2) is 0 Å². The van der Waals surface area contributed by atoms with Crippen LogP contribution >= 0.6 is 35.5 Å². The molecule has 0 spiro atoms. The predicted octanol–water partition coefficient (Wildman–Crippen LogP) is 2.01. The average Bonchev–Trinajstić information content (AvgIpc) is 1.88. The highest BCUT2D eigenvalue weighted by Gasteiger charge is 1.98. The summed E-state index contributed by atoms with van der Waals surface area (Å²) in [5, 5.41) is 0. The lowest BCUT2D eigenvalue weighted by Gasteiger charge is -2.10. The van der Waals surface area contributed by atoms with Crippen molar-refractivity contribution in [2.45, 2.75) is 4.90 Å². The number of anilines is 1. The van der Waals surface area contributed by atoms with Crippen LogP contribution in [0.2, 0.25) is 0 Å². The van der Waals surface area contributed by atoms with Crippen molar-refractivity contribution in [1.82, 2.24) is 0 Å². The number of hydrogen-bond donors (Lipinski definition) is 2. The van der Waals surface area contributed by atoms with E-state index < -0.39 is 0 Å². The zero-order chi connectivity index (χ0) is 7.56. The van der Waals surface area contributed by atoms with Crippen molar-refractivity contribution < 1.29 is 0 Å². The van der Waals surface area contributed by atoms with Gasteiger partial charge in [0.2, 0.25) is 0 Å². The van der Waals surface area contributed by atoms with E-state index >= 15 is 0 Å². The maximum atomic E-state index is 5.49. The molecule has 0 saturated carbocycles. The second-order valence-corrected chi connectivity index (χ2v) is 3.32. The summed E-state index contributed by atoms with van der Waals surface area (Å²) < 4.78 is 1.51. The number of nitrogens with two attached hydrogens (primary N) is 1. The van der Waals surface area contributed by atoms with E-state index in [0.717, 1.165) is 10.6 Å². The molecule has 0 amide bonds. The lowest BCUT2D eigenvalue weighted by atomic mass is 10.3. The molecular weight excluding hydrogens is 259 g/mol. The Kier molecular flexibility index (Phi) is 2.82. The van der Waals surface area contributed by atoms with E-state index in [1.54, 1.807) is 0 Å². The van der Waals surface area contributed by atoms with Crippen molar-refractivity contribution in [3.8, 4) is 0 Å². The first kappa shape index (κ1) is 8.16. The van der Waals surface area contributed by atoms with Crippen LogP contribution in [0.3, 0.4) is 0 Å². The third kappa shape index (κ3) is 1.77. The molecule has 0 aromatic heterocycles. The van der Waals surface area contributed by atoms with Crippen molar-refractivity contribution in [1.29, 1.82) is 0 Å². The Bertz CT molecular complexity index is 227. The van der Waals surface area contributed by atoms with Crippen LogP contribution in [-0.2, 0) is 0 Å². The van der Waals surface area contributed by atoms with Gasteiger partial charge < -0.3 is 0 Å². The van der Waals surface area contributed by atoms with E-state index in [0.29, 0.717) is 0 Å². The van der Waals surface area contributed by atoms with Crippen LogP contribution in [0.15, 0.2) is 29.2 Å². The summed E-state index contributed by atoms with van der Waals surface area (Å²) in [7, 11) is 0. The molecule has 0 aliphatic rings. The molecule has 0 bridgehead atoms. The van der Waals surface area contributed by atoms with Gasteiger partial charge in [-0.1, -0.05) is 12.1 Å². The molecule has 1 aromatic carbocycles. The van der Waals surface area contributed by atoms with Gasteiger partial charge in [0, 0.05) is 4.90 Å². The summed E-state index contributed by atoms with van der Waals surface area (Å²) in [6.07, 6.45) is 0.